The molecule has 36 heavy (non-hydrogen) atoms. The molecule has 184 valence electrons. The monoisotopic (exact) mass is 491 g/mol. The van der Waals surface area contributed by atoms with Gasteiger partial charge in [0.15, 0.2) is 11.6 Å². The highest BCUT2D eigenvalue weighted by atomic mass is 19.1. The van der Waals surface area contributed by atoms with Crippen molar-refractivity contribution in [2.45, 2.75) is 24.9 Å². The van der Waals surface area contributed by atoms with Gasteiger partial charge in [-0.25, -0.2) is 23.7 Å². The van der Waals surface area contributed by atoms with Crippen molar-refractivity contribution >= 4 is 11.6 Å². The molecule has 0 atom stereocenters. The molecule has 0 aliphatic carbocycles. The number of amides is 1. The van der Waals surface area contributed by atoms with Crippen LogP contribution < -0.4 is 10.6 Å². The second-order valence-corrected chi connectivity index (χ2v) is 8.39. The molecule has 3 N–H and O–H groups in total. The molecule has 1 fully saturated rings. The number of H-pyrrole nitrogens is 1. The minimum atomic E-state index is -0.708. The number of carbonyl (C=O) groups is 1. The quantitative estimate of drug-likeness (QED) is 0.362. The summed E-state index contributed by atoms with van der Waals surface area (Å²) in [7, 11) is 0. The van der Waals surface area contributed by atoms with E-state index >= 15 is 0 Å². The third-order valence-corrected chi connectivity index (χ3v) is 6.09. The van der Waals surface area contributed by atoms with Gasteiger partial charge in [-0.2, -0.15) is 5.10 Å². The van der Waals surface area contributed by atoms with Crippen LogP contribution in [0.1, 0.15) is 34.6 Å². The molecule has 1 aliphatic heterocycles. The fourth-order valence-electron chi connectivity index (χ4n) is 4.14. The summed E-state index contributed by atoms with van der Waals surface area (Å²) in [4.78, 5) is 25.6. The first-order chi connectivity index (χ1) is 17.5. The fourth-order valence-corrected chi connectivity index (χ4v) is 4.14. The van der Waals surface area contributed by atoms with Crippen LogP contribution in [0.5, 0.6) is 0 Å². The molecule has 9 nitrogen and oxygen atoms in total. The Kier molecular flexibility index (Phi) is 6.63. The summed E-state index contributed by atoms with van der Waals surface area (Å²) >= 11 is 0. The summed E-state index contributed by atoms with van der Waals surface area (Å²) in [6, 6.07) is 12.2. The van der Waals surface area contributed by atoms with Gasteiger partial charge in [0, 0.05) is 55.6 Å². The Morgan fingerprint density at radius 1 is 1.08 bits per heavy atom. The standard InChI is InChI=1S/C25H23F2N7O2/c26-19-5-2-6-20(27)18(19)14-29-23(35)16-3-1-4-17(13-16)32-25(8-11-36-12-9-25)24-31-22(33-34-24)21-7-10-28-15-30-21/h1-7,10,13,15,32H,8-9,11-12,14H2,(H,29,35)(H,31,33,34). The van der Waals surface area contributed by atoms with E-state index < -0.39 is 23.1 Å². The van der Waals surface area contributed by atoms with E-state index in [9.17, 15) is 13.6 Å². The molecule has 1 aliphatic rings. The fraction of sp³-hybridized carbons (Fsp3) is 0.240. The van der Waals surface area contributed by atoms with Crippen LogP contribution in [0, 0.1) is 11.6 Å². The Morgan fingerprint density at radius 2 is 1.86 bits per heavy atom. The summed E-state index contributed by atoms with van der Waals surface area (Å²) in [6.07, 6.45) is 4.30. The molecule has 1 amide bonds. The minimum Gasteiger partial charge on any atom is -0.381 e. The maximum Gasteiger partial charge on any atom is 0.251 e. The lowest BCUT2D eigenvalue weighted by molar-refractivity contribution is 0.0567. The number of hydrogen-bond acceptors (Lipinski definition) is 7. The van der Waals surface area contributed by atoms with Crippen molar-refractivity contribution in [3.8, 4) is 11.5 Å². The van der Waals surface area contributed by atoms with Crippen molar-refractivity contribution in [1.82, 2.24) is 30.5 Å². The number of ether oxygens (including phenoxy) is 1. The van der Waals surface area contributed by atoms with Gasteiger partial charge in [-0.05, 0) is 36.4 Å². The lowest BCUT2D eigenvalue weighted by Crippen LogP contribution is -2.42. The zero-order chi connectivity index (χ0) is 25.0. The SMILES string of the molecule is O=C(NCc1c(F)cccc1F)c1cccc(NC2(c3nc(-c4ccncn4)n[nH]3)CCOCC2)c1. The number of aromatic nitrogens is 5. The van der Waals surface area contributed by atoms with Gasteiger partial charge in [0.05, 0.1) is 0 Å². The highest BCUT2D eigenvalue weighted by molar-refractivity contribution is 5.95. The molecular weight excluding hydrogens is 468 g/mol. The van der Waals surface area contributed by atoms with E-state index in [1.54, 1.807) is 30.5 Å². The van der Waals surface area contributed by atoms with Crippen molar-refractivity contribution in [2.24, 2.45) is 0 Å². The summed E-state index contributed by atoms with van der Waals surface area (Å²) in [5, 5.41) is 13.5. The van der Waals surface area contributed by atoms with E-state index in [0.29, 0.717) is 54.6 Å². The third-order valence-electron chi connectivity index (χ3n) is 6.09. The summed E-state index contributed by atoms with van der Waals surface area (Å²) < 4.78 is 33.4. The maximum atomic E-state index is 13.9. The number of hydrogen-bond donors (Lipinski definition) is 3. The van der Waals surface area contributed by atoms with E-state index in [2.05, 4.69) is 35.8 Å². The average Bonchev–Trinajstić information content (AvgIpc) is 3.41. The lowest BCUT2D eigenvalue weighted by atomic mass is 9.88. The van der Waals surface area contributed by atoms with Crippen LogP contribution in [0.2, 0.25) is 0 Å². The first-order valence-corrected chi connectivity index (χ1v) is 11.4. The predicted octanol–water partition coefficient (Wildman–Crippen LogP) is 3.59. The normalized spacial score (nSPS) is 14.8. The third kappa shape index (κ3) is 4.91. The van der Waals surface area contributed by atoms with Gasteiger partial charge in [0.2, 0.25) is 0 Å². The number of nitrogens with one attached hydrogen (secondary N) is 3. The van der Waals surface area contributed by atoms with Crippen molar-refractivity contribution in [3.63, 3.8) is 0 Å². The Bertz CT molecular complexity index is 1340. The second-order valence-electron chi connectivity index (χ2n) is 8.39. The Morgan fingerprint density at radius 3 is 2.61 bits per heavy atom. The molecule has 2 aromatic heterocycles. The largest absolute Gasteiger partial charge is 0.381 e. The van der Waals surface area contributed by atoms with Crippen molar-refractivity contribution in [3.05, 3.63) is 89.6 Å². The lowest BCUT2D eigenvalue weighted by Gasteiger charge is -2.37. The van der Waals surface area contributed by atoms with Crippen LogP contribution in [0.25, 0.3) is 11.5 Å². The van der Waals surface area contributed by atoms with Crippen molar-refractivity contribution in [2.75, 3.05) is 18.5 Å². The van der Waals surface area contributed by atoms with Gasteiger partial charge in [0.1, 0.15) is 29.2 Å². The molecule has 1 saturated heterocycles. The molecule has 2 aromatic carbocycles. The molecule has 0 spiro atoms. The zero-order valence-corrected chi connectivity index (χ0v) is 19.2. The molecule has 0 bridgehead atoms. The molecule has 4 aromatic rings. The summed E-state index contributed by atoms with van der Waals surface area (Å²) in [5.41, 5.74) is 0.827. The highest BCUT2D eigenvalue weighted by Gasteiger charge is 2.38. The van der Waals surface area contributed by atoms with Gasteiger partial charge in [-0.15, -0.1) is 0 Å². The molecule has 5 rings (SSSR count). The van der Waals surface area contributed by atoms with E-state index in [1.165, 1.54) is 12.4 Å². The zero-order valence-electron chi connectivity index (χ0n) is 19.2. The number of rotatable bonds is 7. The predicted molar refractivity (Wildman–Crippen MR) is 127 cm³/mol. The Labute approximate surface area is 205 Å². The molecule has 0 saturated carbocycles. The van der Waals surface area contributed by atoms with E-state index in [4.69, 9.17) is 4.74 Å². The van der Waals surface area contributed by atoms with Gasteiger partial charge in [-0.1, -0.05) is 12.1 Å². The molecule has 0 unspecified atom stereocenters. The van der Waals surface area contributed by atoms with Crippen LogP contribution in [0.4, 0.5) is 14.5 Å². The average molecular weight is 492 g/mol. The first kappa shape index (κ1) is 23.5. The molecule has 3 heterocycles. The molecular formula is C25H23F2N7O2. The smallest absolute Gasteiger partial charge is 0.251 e. The van der Waals surface area contributed by atoms with Gasteiger partial charge >= 0.3 is 0 Å². The van der Waals surface area contributed by atoms with Crippen LogP contribution in [-0.2, 0) is 16.8 Å². The van der Waals surface area contributed by atoms with Crippen molar-refractivity contribution in [1.29, 1.82) is 0 Å². The number of anilines is 1. The van der Waals surface area contributed by atoms with Crippen molar-refractivity contribution < 1.29 is 18.3 Å². The van der Waals surface area contributed by atoms with E-state index in [1.807, 2.05) is 6.07 Å². The number of aromatic amines is 1. The van der Waals surface area contributed by atoms with E-state index in [-0.39, 0.29) is 12.1 Å². The van der Waals surface area contributed by atoms with Crippen LogP contribution in [0.15, 0.2) is 61.1 Å². The van der Waals surface area contributed by atoms with Crippen LogP contribution in [-0.4, -0.2) is 44.3 Å². The van der Waals surface area contributed by atoms with Gasteiger partial charge in [-0.3, -0.25) is 9.89 Å². The highest BCUT2D eigenvalue weighted by Crippen LogP contribution is 2.35. The number of halogens is 2. The molecule has 11 heteroatoms. The summed E-state index contributed by atoms with van der Waals surface area (Å²) in [6.45, 7) is 0.774. The van der Waals surface area contributed by atoms with Crippen LogP contribution >= 0.6 is 0 Å². The Hall–Kier alpha value is -4.25. The Balaban J connectivity index is 1.35. The second kappa shape index (κ2) is 10.2. The minimum absolute atomic E-state index is 0.189. The molecule has 0 radical (unpaired) electrons. The number of carbonyl (C=O) groups excluding carboxylic acids is 1. The summed E-state index contributed by atoms with van der Waals surface area (Å²) in [5.74, 6) is -0.785. The topological polar surface area (TPSA) is 118 Å². The number of benzene rings is 2. The van der Waals surface area contributed by atoms with Gasteiger partial charge < -0.3 is 15.4 Å². The van der Waals surface area contributed by atoms with E-state index in [0.717, 1.165) is 12.1 Å². The maximum absolute atomic E-state index is 13.9. The first-order valence-electron chi connectivity index (χ1n) is 11.4. The van der Waals surface area contributed by atoms with Crippen LogP contribution in [0.3, 0.4) is 0 Å². The number of nitrogens with zero attached hydrogens (tertiary/aromatic N) is 4. The van der Waals surface area contributed by atoms with Gasteiger partial charge in [0.25, 0.3) is 5.91 Å².